The molecule has 2 aromatic rings. The first-order valence-corrected chi connectivity index (χ1v) is 12.0. The number of carbonyl (C=O) groups is 2. The molecule has 1 aliphatic carbocycles. The average Bonchev–Trinajstić information content (AvgIpc) is 3.58. The first-order chi connectivity index (χ1) is 17.9. The van der Waals surface area contributed by atoms with Gasteiger partial charge in [-0.3, -0.25) is 17.8 Å². The summed E-state index contributed by atoms with van der Waals surface area (Å²) in [5.41, 5.74) is -1.66. The van der Waals surface area contributed by atoms with Crippen LogP contribution in [-0.4, -0.2) is 68.1 Å². The lowest BCUT2D eigenvalue weighted by molar-refractivity contribution is 0.0494. The highest BCUT2D eigenvalue weighted by atomic mass is 19.2. The van der Waals surface area contributed by atoms with Crippen LogP contribution in [0.5, 0.6) is 5.75 Å². The Morgan fingerprint density at radius 3 is 2.37 bits per heavy atom. The maximum atomic E-state index is 15.5. The summed E-state index contributed by atoms with van der Waals surface area (Å²) in [5, 5.41) is 12.1. The molecule has 1 saturated carbocycles. The largest absolute Gasteiger partial charge is 0.521 e. The Labute approximate surface area is 217 Å². The van der Waals surface area contributed by atoms with Crippen molar-refractivity contribution in [3.8, 4) is 5.75 Å². The third-order valence-electron chi connectivity index (χ3n) is 6.23. The van der Waals surface area contributed by atoms with Crippen LogP contribution in [0.15, 0.2) is 17.1 Å². The third-order valence-corrected chi connectivity index (χ3v) is 6.23. The smallest absolute Gasteiger partial charge is 0.492 e. The lowest BCUT2D eigenvalue weighted by Gasteiger charge is -2.25. The summed E-state index contributed by atoms with van der Waals surface area (Å²) in [5.74, 6) is -2.75. The zero-order valence-electron chi connectivity index (χ0n) is 21.5. The highest BCUT2D eigenvalue weighted by molar-refractivity contribution is 6.15. The molecular weight excluding hydrogens is 513 g/mol. The first-order valence-electron chi connectivity index (χ1n) is 12.0. The first kappa shape index (κ1) is 29.1. The van der Waals surface area contributed by atoms with E-state index in [0.717, 1.165) is 18.9 Å². The fourth-order valence-electron chi connectivity index (χ4n) is 4.56. The number of benzene rings is 1. The maximum Gasteiger partial charge on any atom is 0.521 e. The van der Waals surface area contributed by atoms with Crippen molar-refractivity contribution < 1.29 is 41.6 Å². The van der Waals surface area contributed by atoms with Crippen molar-refractivity contribution in [2.45, 2.75) is 51.3 Å². The van der Waals surface area contributed by atoms with E-state index in [1.54, 1.807) is 30.2 Å². The number of carbonyl (C=O) groups excluding carboxylic acids is 1. The molecule has 38 heavy (non-hydrogen) atoms. The molecule has 0 spiro atoms. The molecule has 208 valence electrons. The van der Waals surface area contributed by atoms with Crippen molar-refractivity contribution in [2.75, 3.05) is 31.8 Å². The maximum absolute atomic E-state index is 15.5. The molecule has 1 saturated heterocycles. The SMILES string of the molecule is COc1c(N2C[C@H](CF)[C@H](NC(=O)OC(C)(C)C)C2)c(F)cc2c(=O)c(C(=O)O)cn(C3CC3)c12.FBF. The Kier molecular flexibility index (Phi) is 8.83. The van der Waals surface area contributed by atoms with Gasteiger partial charge in [0.25, 0.3) is 0 Å². The molecule has 2 N–H and O–H groups in total. The summed E-state index contributed by atoms with van der Waals surface area (Å²) in [6, 6.07) is 0.330. The van der Waals surface area contributed by atoms with Gasteiger partial charge in [-0.1, -0.05) is 0 Å². The van der Waals surface area contributed by atoms with Gasteiger partial charge in [0, 0.05) is 31.2 Å². The Bertz CT molecular complexity index is 1260. The Balaban J connectivity index is 0.00000127. The van der Waals surface area contributed by atoms with E-state index in [2.05, 4.69) is 5.32 Å². The van der Waals surface area contributed by atoms with Gasteiger partial charge in [0.05, 0.1) is 30.7 Å². The minimum atomic E-state index is -1.75. The van der Waals surface area contributed by atoms with Gasteiger partial charge in [0.1, 0.15) is 16.9 Å². The number of amides is 1. The van der Waals surface area contributed by atoms with Crippen molar-refractivity contribution in [3.05, 3.63) is 33.9 Å². The number of methoxy groups -OCH3 is 1. The van der Waals surface area contributed by atoms with E-state index in [-0.39, 0.29) is 36.0 Å². The van der Waals surface area contributed by atoms with E-state index in [1.807, 2.05) is 0 Å². The number of aromatic nitrogens is 1. The molecule has 1 aromatic carbocycles. The van der Waals surface area contributed by atoms with Gasteiger partial charge < -0.3 is 29.4 Å². The van der Waals surface area contributed by atoms with Crippen LogP contribution in [0.25, 0.3) is 10.9 Å². The molecule has 14 heteroatoms. The molecule has 2 heterocycles. The van der Waals surface area contributed by atoms with Gasteiger partial charge in [-0.15, -0.1) is 0 Å². The summed E-state index contributed by atoms with van der Waals surface area (Å²) in [6.07, 6.45) is 2.14. The second-order valence-electron chi connectivity index (χ2n) is 10.1. The quantitative estimate of drug-likeness (QED) is 0.423. The molecule has 1 amide bonds. The number of alkyl carbamates (subject to hydrolysis) is 1. The van der Waals surface area contributed by atoms with Crippen molar-refractivity contribution in [1.82, 2.24) is 9.88 Å². The van der Waals surface area contributed by atoms with Crippen LogP contribution < -0.4 is 20.4 Å². The zero-order chi connectivity index (χ0) is 28.4. The Morgan fingerprint density at radius 1 is 1.24 bits per heavy atom. The summed E-state index contributed by atoms with van der Waals surface area (Å²) in [4.78, 5) is 38.3. The van der Waals surface area contributed by atoms with E-state index < -0.39 is 60.9 Å². The number of fused-ring (bicyclic) bond motifs is 1. The Morgan fingerprint density at radius 2 is 1.87 bits per heavy atom. The van der Waals surface area contributed by atoms with Crippen LogP contribution in [0.4, 0.5) is 27.9 Å². The van der Waals surface area contributed by atoms with Crippen LogP contribution in [0, 0.1) is 11.7 Å². The number of anilines is 1. The van der Waals surface area contributed by atoms with Crippen molar-refractivity contribution in [2.24, 2.45) is 5.92 Å². The van der Waals surface area contributed by atoms with Crippen LogP contribution in [-0.2, 0) is 4.74 Å². The third kappa shape index (κ3) is 6.16. The lowest BCUT2D eigenvalue weighted by atomic mass is 10.1. The van der Waals surface area contributed by atoms with E-state index >= 15 is 4.39 Å². The van der Waals surface area contributed by atoms with Crippen LogP contribution in [0.1, 0.15) is 50.0 Å². The Hall–Kier alpha value is -3.45. The minimum absolute atomic E-state index is 0.0313. The number of ether oxygens (including phenoxy) is 2. The fourth-order valence-corrected chi connectivity index (χ4v) is 4.56. The lowest BCUT2D eigenvalue weighted by Crippen LogP contribution is -2.43. The number of halogens is 4. The van der Waals surface area contributed by atoms with E-state index in [9.17, 15) is 32.5 Å². The predicted molar refractivity (Wildman–Crippen MR) is 134 cm³/mol. The van der Waals surface area contributed by atoms with Crippen LogP contribution >= 0.6 is 0 Å². The van der Waals surface area contributed by atoms with Gasteiger partial charge in [-0.2, -0.15) is 0 Å². The second-order valence-corrected chi connectivity index (χ2v) is 10.1. The van der Waals surface area contributed by atoms with E-state index in [4.69, 9.17) is 9.47 Å². The molecule has 9 nitrogen and oxygen atoms in total. The topological polar surface area (TPSA) is 110 Å². The normalized spacial score (nSPS) is 19.0. The molecule has 1 aromatic heterocycles. The molecule has 2 atom stereocenters. The number of carboxylic acid groups (broad SMARTS) is 1. The zero-order valence-corrected chi connectivity index (χ0v) is 21.5. The summed E-state index contributed by atoms with van der Waals surface area (Å²) < 4.78 is 61.1. The van der Waals surface area contributed by atoms with Gasteiger partial charge in [0.2, 0.25) is 5.43 Å². The van der Waals surface area contributed by atoms with Gasteiger partial charge in [-0.05, 0) is 39.7 Å². The van der Waals surface area contributed by atoms with Gasteiger partial charge in [-0.25, -0.2) is 14.0 Å². The number of pyridine rings is 1. The molecule has 0 radical (unpaired) electrons. The van der Waals surface area contributed by atoms with E-state index in [1.165, 1.54) is 13.3 Å². The molecule has 0 bridgehead atoms. The second kappa shape index (κ2) is 11.5. The number of nitrogens with zero attached hydrogens (tertiary/aromatic N) is 2. The standard InChI is InChI=1S/C24H29F2N3O6.BF2H/c1-24(2,3)35-23(33)27-17-11-28(9-12(17)8-25)19-16(26)7-14-18(21(19)34-4)29(13-5-6-13)10-15(20(14)30)22(31)32;2-1-3/h7,10,12-13,17H,5-6,8-9,11H2,1-4H3,(H,27,33)(H,31,32);1H/t12-,17+;/m0./s1. The number of hydrogen-bond donors (Lipinski definition) is 2. The number of aromatic carboxylic acids is 1. The molecular formula is C24H30BF4N3O6. The highest BCUT2D eigenvalue weighted by Crippen LogP contribution is 2.44. The van der Waals surface area contributed by atoms with Crippen molar-refractivity contribution in [1.29, 1.82) is 0 Å². The highest BCUT2D eigenvalue weighted by Gasteiger charge is 2.38. The molecule has 4 rings (SSSR count). The molecule has 0 unspecified atom stereocenters. The fraction of sp³-hybridized carbons (Fsp3) is 0.542. The average molecular weight is 543 g/mol. The number of carboxylic acids is 1. The monoisotopic (exact) mass is 543 g/mol. The van der Waals surface area contributed by atoms with Gasteiger partial charge >= 0.3 is 19.9 Å². The van der Waals surface area contributed by atoms with Crippen molar-refractivity contribution >= 4 is 36.5 Å². The number of rotatable bonds is 6. The van der Waals surface area contributed by atoms with Gasteiger partial charge in [0.15, 0.2) is 11.6 Å². The predicted octanol–water partition coefficient (Wildman–Crippen LogP) is 3.67. The summed E-state index contributed by atoms with van der Waals surface area (Å²) in [6.45, 7) is 4.58. The van der Waals surface area contributed by atoms with Crippen molar-refractivity contribution in [3.63, 3.8) is 0 Å². The number of nitrogens with one attached hydrogen (secondary N) is 1. The molecule has 2 aliphatic rings. The van der Waals surface area contributed by atoms with Crippen LogP contribution in [0.3, 0.4) is 0 Å². The number of alkyl halides is 1. The summed E-state index contributed by atoms with van der Waals surface area (Å²) >= 11 is 0. The molecule has 1 aliphatic heterocycles. The summed E-state index contributed by atoms with van der Waals surface area (Å²) in [7, 11) is -0.413. The van der Waals surface area contributed by atoms with E-state index in [0.29, 0.717) is 5.52 Å². The molecule has 2 fully saturated rings. The number of hydrogen-bond acceptors (Lipinski definition) is 6. The van der Waals surface area contributed by atoms with Crippen LogP contribution in [0.2, 0.25) is 0 Å². The minimum Gasteiger partial charge on any atom is -0.492 e.